The lowest BCUT2D eigenvalue weighted by atomic mass is 10.1. The third-order valence-corrected chi connectivity index (χ3v) is 4.65. The lowest BCUT2D eigenvalue weighted by molar-refractivity contribution is -0.140. The van der Waals surface area contributed by atoms with E-state index in [4.69, 9.17) is 19.0 Å². The van der Waals surface area contributed by atoms with Crippen LogP contribution in [0.2, 0.25) is 0 Å². The molecule has 0 radical (unpaired) electrons. The third-order valence-electron chi connectivity index (χ3n) is 4.65. The number of rotatable bonds is 6. The number of carbonyl (C=O) groups is 1. The minimum absolute atomic E-state index is 0.0334. The van der Waals surface area contributed by atoms with Crippen LogP contribution in [0.25, 0.3) is 22.7 Å². The number of oxazole rings is 1. The Balaban J connectivity index is 1.63. The molecule has 4 rings (SSSR count). The van der Waals surface area contributed by atoms with Gasteiger partial charge in [-0.3, -0.25) is 0 Å². The zero-order valence-electron chi connectivity index (χ0n) is 17.6. The Labute approximate surface area is 188 Å². The number of ether oxygens (including phenoxy) is 2. The summed E-state index contributed by atoms with van der Waals surface area (Å²) in [6, 6.07) is 5.54. The van der Waals surface area contributed by atoms with Crippen molar-refractivity contribution in [2.75, 3.05) is 6.61 Å². The van der Waals surface area contributed by atoms with Crippen LogP contribution in [-0.4, -0.2) is 32.6 Å². The van der Waals surface area contributed by atoms with Gasteiger partial charge in [-0.25, -0.2) is 19.2 Å². The molecule has 1 N–H and O–H groups in total. The first-order valence-electron chi connectivity index (χ1n) is 9.66. The first-order chi connectivity index (χ1) is 16.0. The summed E-state index contributed by atoms with van der Waals surface area (Å²) in [5, 5.41) is 8.81. The van der Waals surface area contributed by atoms with Crippen molar-refractivity contribution in [1.29, 1.82) is 0 Å². The molecule has 0 aliphatic carbocycles. The Bertz CT molecular complexity index is 1380. The van der Waals surface area contributed by atoms with E-state index in [1.165, 1.54) is 6.20 Å². The van der Waals surface area contributed by atoms with Crippen molar-refractivity contribution in [3.63, 3.8) is 0 Å². The van der Waals surface area contributed by atoms with Crippen LogP contribution in [0.5, 0.6) is 17.5 Å². The molecule has 0 aliphatic rings. The van der Waals surface area contributed by atoms with Gasteiger partial charge >= 0.3 is 18.2 Å². The lowest BCUT2D eigenvalue weighted by Crippen LogP contribution is -2.10. The maximum Gasteiger partial charge on any atom is 0.419 e. The van der Waals surface area contributed by atoms with Crippen molar-refractivity contribution in [1.82, 2.24) is 15.0 Å². The highest BCUT2D eigenvalue weighted by atomic mass is 19.4. The van der Waals surface area contributed by atoms with E-state index in [-0.39, 0.29) is 17.1 Å². The maximum absolute atomic E-state index is 14.2. The van der Waals surface area contributed by atoms with Crippen LogP contribution in [0.15, 0.2) is 40.9 Å². The van der Waals surface area contributed by atoms with Crippen LogP contribution >= 0.6 is 0 Å². The van der Waals surface area contributed by atoms with Crippen LogP contribution in [0, 0.1) is 19.7 Å². The Morgan fingerprint density at radius 2 is 1.85 bits per heavy atom. The minimum atomic E-state index is -4.89. The predicted octanol–water partition coefficient (Wildman–Crippen LogP) is 5.32. The van der Waals surface area contributed by atoms with Gasteiger partial charge < -0.3 is 19.0 Å². The van der Waals surface area contributed by atoms with E-state index in [2.05, 4.69) is 15.0 Å². The van der Waals surface area contributed by atoms with Crippen molar-refractivity contribution in [2.24, 2.45) is 0 Å². The van der Waals surface area contributed by atoms with E-state index >= 15 is 0 Å². The van der Waals surface area contributed by atoms with E-state index < -0.39 is 41.9 Å². The molecule has 2 heterocycles. The van der Waals surface area contributed by atoms with Crippen LogP contribution in [0.4, 0.5) is 17.6 Å². The molecule has 2 aromatic heterocycles. The fourth-order valence-electron chi connectivity index (χ4n) is 3.24. The Morgan fingerprint density at radius 1 is 1.15 bits per heavy atom. The summed E-state index contributed by atoms with van der Waals surface area (Å²) in [6.07, 6.45) is -3.67. The number of fused-ring (bicyclic) bond motifs is 1. The van der Waals surface area contributed by atoms with Gasteiger partial charge in [-0.2, -0.15) is 18.2 Å². The second-order valence-electron chi connectivity index (χ2n) is 7.20. The van der Waals surface area contributed by atoms with Gasteiger partial charge in [0.2, 0.25) is 5.89 Å². The number of carboxylic acid groups (broad SMARTS) is 1. The highest BCUT2D eigenvalue weighted by Crippen LogP contribution is 2.36. The fraction of sp³-hybridized carbons (Fsp3) is 0.182. The summed E-state index contributed by atoms with van der Waals surface area (Å²) < 4.78 is 69.0. The van der Waals surface area contributed by atoms with Crippen LogP contribution in [0.3, 0.4) is 0 Å². The van der Waals surface area contributed by atoms with Gasteiger partial charge in [0.05, 0.1) is 11.8 Å². The van der Waals surface area contributed by atoms with Gasteiger partial charge in [0.25, 0.3) is 5.71 Å². The molecule has 2 aromatic carbocycles. The van der Waals surface area contributed by atoms with Crippen LogP contribution < -0.4 is 9.47 Å². The number of aryl methyl sites for hydroxylation is 2. The van der Waals surface area contributed by atoms with Gasteiger partial charge in [0.15, 0.2) is 18.2 Å². The van der Waals surface area contributed by atoms with E-state index in [1.807, 2.05) is 0 Å². The molecule has 12 heteroatoms. The Morgan fingerprint density at radius 3 is 2.50 bits per heavy atom. The lowest BCUT2D eigenvalue weighted by Gasteiger charge is -2.11. The van der Waals surface area contributed by atoms with Gasteiger partial charge in [0.1, 0.15) is 11.3 Å². The number of alkyl halides is 3. The van der Waals surface area contributed by atoms with E-state index in [9.17, 15) is 22.4 Å². The average molecular weight is 477 g/mol. The number of halogens is 4. The summed E-state index contributed by atoms with van der Waals surface area (Å²) in [5.41, 5.74) is 0.557. The summed E-state index contributed by atoms with van der Waals surface area (Å²) in [4.78, 5) is 22.9. The molecular formula is C22H15F4N3O5. The summed E-state index contributed by atoms with van der Waals surface area (Å²) in [6.45, 7) is 2.96. The molecule has 0 saturated carbocycles. The molecule has 8 nitrogen and oxygen atoms in total. The second kappa shape index (κ2) is 8.61. The van der Waals surface area contributed by atoms with Crippen LogP contribution in [-0.2, 0) is 11.0 Å². The van der Waals surface area contributed by atoms with Gasteiger partial charge in [-0.1, -0.05) is 6.07 Å². The van der Waals surface area contributed by atoms with Crippen molar-refractivity contribution in [3.05, 3.63) is 59.0 Å². The molecule has 0 unspecified atom stereocenters. The van der Waals surface area contributed by atoms with E-state index in [1.54, 1.807) is 26.0 Å². The largest absolute Gasteiger partial charge is 0.481 e. The summed E-state index contributed by atoms with van der Waals surface area (Å²) >= 11 is 0. The Hall–Kier alpha value is -4.22. The van der Waals surface area contributed by atoms with E-state index in [0.29, 0.717) is 28.5 Å². The minimum Gasteiger partial charge on any atom is -0.481 e. The standard InChI is InChI=1S/C22H15F4N3O5/c1-10-6-12(7-11(2)18(10)32-9-16(30)31)19-28-14-8-27-21(29-20(14)34-19)33-15-5-3-4-13(17(15)23)22(24,25)26/h3-8H,9H2,1-2H3,(H,30,31). The number of hydrogen-bond acceptors (Lipinski definition) is 7. The van der Waals surface area contributed by atoms with Gasteiger partial charge in [-0.05, 0) is 49.2 Å². The normalized spacial score (nSPS) is 11.6. The third kappa shape index (κ3) is 4.60. The molecule has 4 aromatic rings. The highest BCUT2D eigenvalue weighted by molar-refractivity contribution is 5.73. The molecule has 0 aliphatic heterocycles. The van der Waals surface area contributed by atoms with Gasteiger partial charge in [-0.15, -0.1) is 0 Å². The average Bonchev–Trinajstić information content (AvgIpc) is 3.17. The molecule has 0 atom stereocenters. The number of carboxylic acids is 1. The first kappa shape index (κ1) is 23.0. The SMILES string of the molecule is Cc1cc(-c2nc3cnc(Oc4cccc(C(F)(F)F)c4F)nc3o2)cc(C)c1OCC(=O)O. The molecule has 0 spiro atoms. The number of aliphatic carboxylic acids is 1. The van der Waals surface area contributed by atoms with Crippen LogP contribution in [0.1, 0.15) is 16.7 Å². The monoisotopic (exact) mass is 477 g/mol. The maximum atomic E-state index is 14.2. The van der Waals surface area contributed by atoms with Crippen molar-refractivity contribution in [3.8, 4) is 29.0 Å². The number of aromatic nitrogens is 3. The summed E-state index contributed by atoms with van der Waals surface area (Å²) in [7, 11) is 0. The molecule has 34 heavy (non-hydrogen) atoms. The number of hydrogen-bond donors (Lipinski definition) is 1. The van der Waals surface area contributed by atoms with Crippen molar-refractivity contribution in [2.45, 2.75) is 20.0 Å². The zero-order chi connectivity index (χ0) is 24.6. The van der Waals surface area contributed by atoms with E-state index in [0.717, 1.165) is 12.1 Å². The smallest absolute Gasteiger partial charge is 0.419 e. The molecule has 0 amide bonds. The molecular weight excluding hydrogens is 462 g/mol. The first-order valence-corrected chi connectivity index (χ1v) is 9.66. The highest BCUT2D eigenvalue weighted by Gasteiger charge is 2.35. The molecule has 0 fully saturated rings. The summed E-state index contributed by atoms with van der Waals surface area (Å²) in [5.74, 6) is -2.82. The fourth-order valence-corrected chi connectivity index (χ4v) is 3.24. The number of nitrogens with zero attached hydrogens (tertiary/aromatic N) is 3. The van der Waals surface area contributed by atoms with Crippen molar-refractivity contribution < 1.29 is 41.4 Å². The molecule has 176 valence electrons. The predicted molar refractivity (Wildman–Crippen MR) is 109 cm³/mol. The number of benzene rings is 2. The topological polar surface area (TPSA) is 108 Å². The molecule has 0 bridgehead atoms. The molecule has 0 saturated heterocycles. The zero-order valence-corrected chi connectivity index (χ0v) is 17.6. The quantitative estimate of drug-likeness (QED) is 0.372. The van der Waals surface area contributed by atoms with Gasteiger partial charge in [0, 0.05) is 5.56 Å². The van der Waals surface area contributed by atoms with Crippen molar-refractivity contribution >= 4 is 17.2 Å². The second-order valence-corrected chi connectivity index (χ2v) is 7.20. The Kier molecular flexibility index (Phi) is 5.82.